The molecule has 7 heteroatoms. The summed E-state index contributed by atoms with van der Waals surface area (Å²) in [5.74, 6) is 0.962. The Morgan fingerprint density at radius 2 is 1.52 bits per heavy atom. The molecule has 2 aromatic heterocycles. The monoisotopic (exact) mass is 556 g/mol. The van der Waals surface area contributed by atoms with Gasteiger partial charge in [0.2, 0.25) is 5.91 Å². The van der Waals surface area contributed by atoms with Crippen molar-refractivity contribution < 1.29 is 4.79 Å². The van der Waals surface area contributed by atoms with Gasteiger partial charge in [-0.15, -0.1) is 0 Å². The molecule has 1 N–H and O–H groups in total. The number of rotatable bonds is 9. The predicted octanol–water partition coefficient (Wildman–Crippen LogP) is 7.20. The normalized spacial score (nSPS) is 13.4. The van der Waals surface area contributed by atoms with Crippen LogP contribution in [0, 0.1) is 0 Å². The molecule has 0 radical (unpaired) electrons. The Morgan fingerprint density at radius 1 is 0.786 bits per heavy atom. The van der Waals surface area contributed by atoms with E-state index in [0.29, 0.717) is 6.42 Å². The first-order valence-electron chi connectivity index (χ1n) is 14.8. The summed E-state index contributed by atoms with van der Waals surface area (Å²) in [4.78, 5) is 31.3. The van der Waals surface area contributed by atoms with Gasteiger partial charge in [0.05, 0.1) is 17.2 Å². The molecule has 0 saturated carbocycles. The van der Waals surface area contributed by atoms with E-state index in [1.54, 1.807) is 0 Å². The number of amides is 1. The molecule has 1 aliphatic heterocycles. The number of hydrogen-bond acceptors (Lipinski definition) is 6. The van der Waals surface area contributed by atoms with E-state index in [-0.39, 0.29) is 5.91 Å². The van der Waals surface area contributed by atoms with Crippen LogP contribution in [0.15, 0.2) is 97.5 Å². The smallest absolute Gasteiger partial charge is 0.224 e. The van der Waals surface area contributed by atoms with Crippen LogP contribution in [0.25, 0.3) is 33.3 Å². The maximum absolute atomic E-state index is 12.7. The molecule has 0 spiro atoms. The Kier molecular flexibility index (Phi) is 8.36. The minimum absolute atomic E-state index is 0.0588. The molecule has 42 heavy (non-hydrogen) atoms. The fraction of sp³-hybridized carbons (Fsp3) is 0.257. The van der Waals surface area contributed by atoms with Gasteiger partial charge in [-0.05, 0) is 59.5 Å². The van der Waals surface area contributed by atoms with Gasteiger partial charge in [0, 0.05) is 61.9 Å². The number of unbranched alkanes of at least 4 members (excludes halogenated alkanes) is 2. The van der Waals surface area contributed by atoms with E-state index in [0.717, 1.165) is 90.2 Å². The van der Waals surface area contributed by atoms with Crippen LogP contribution in [-0.2, 0) is 4.79 Å². The summed E-state index contributed by atoms with van der Waals surface area (Å²) in [6.45, 7) is 5.76. The summed E-state index contributed by atoms with van der Waals surface area (Å²) in [5.41, 5.74) is 7.98. The van der Waals surface area contributed by atoms with Crippen molar-refractivity contribution in [2.75, 3.05) is 41.3 Å². The van der Waals surface area contributed by atoms with Crippen LogP contribution in [0.4, 0.5) is 17.2 Å². The van der Waals surface area contributed by atoms with Gasteiger partial charge in [0.15, 0.2) is 0 Å². The van der Waals surface area contributed by atoms with Gasteiger partial charge < -0.3 is 15.1 Å². The zero-order chi connectivity index (χ0) is 28.7. The summed E-state index contributed by atoms with van der Waals surface area (Å²) < 4.78 is 0. The molecule has 6 rings (SSSR count). The first-order valence-corrected chi connectivity index (χ1v) is 14.8. The van der Waals surface area contributed by atoms with Crippen molar-refractivity contribution in [2.45, 2.75) is 32.6 Å². The third-order valence-corrected chi connectivity index (χ3v) is 7.88. The number of nitrogens with zero attached hydrogens (tertiary/aromatic N) is 5. The van der Waals surface area contributed by atoms with Gasteiger partial charge in [-0.1, -0.05) is 62.2 Å². The van der Waals surface area contributed by atoms with Crippen molar-refractivity contribution in [3.63, 3.8) is 0 Å². The van der Waals surface area contributed by atoms with Crippen molar-refractivity contribution in [1.82, 2.24) is 15.0 Å². The summed E-state index contributed by atoms with van der Waals surface area (Å²) >= 11 is 0. The van der Waals surface area contributed by atoms with Gasteiger partial charge in [0.25, 0.3) is 0 Å². The molecule has 1 aliphatic rings. The summed E-state index contributed by atoms with van der Waals surface area (Å²) in [5, 5.41) is 3.16. The Labute approximate surface area is 247 Å². The summed E-state index contributed by atoms with van der Waals surface area (Å²) in [6, 6.07) is 26.8. The lowest BCUT2D eigenvalue weighted by molar-refractivity contribution is -0.116. The van der Waals surface area contributed by atoms with Crippen molar-refractivity contribution in [2.24, 2.45) is 0 Å². The largest absolute Gasteiger partial charge is 0.368 e. The molecule has 0 atom stereocenters. The number of nitrogens with one attached hydrogen (secondary N) is 1. The Morgan fingerprint density at radius 3 is 2.31 bits per heavy atom. The molecule has 3 heterocycles. The van der Waals surface area contributed by atoms with Crippen LogP contribution >= 0.6 is 0 Å². The average Bonchev–Trinajstić information content (AvgIpc) is 3.05. The zero-order valence-electron chi connectivity index (χ0n) is 24.0. The minimum Gasteiger partial charge on any atom is -0.368 e. The number of benzene rings is 3. The highest BCUT2D eigenvalue weighted by Gasteiger charge is 2.19. The molecule has 0 unspecified atom stereocenters. The Balaban J connectivity index is 1.25. The number of anilines is 3. The predicted molar refractivity (Wildman–Crippen MR) is 172 cm³/mol. The van der Waals surface area contributed by atoms with E-state index in [4.69, 9.17) is 9.97 Å². The van der Waals surface area contributed by atoms with Crippen molar-refractivity contribution in [3.05, 3.63) is 97.5 Å². The molecule has 1 saturated heterocycles. The van der Waals surface area contributed by atoms with E-state index < -0.39 is 0 Å². The Bertz CT molecular complexity index is 1650. The summed E-state index contributed by atoms with van der Waals surface area (Å²) in [7, 11) is 0. The van der Waals surface area contributed by atoms with Crippen LogP contribution in [0.1, 0.15) is 32.6 Å². The van der Waals surface area contributed by atoms with Gasteiger partial charge >= 0.3 is 0 Å². The Hall–Kier alpha value is -4.78. The van der Waals surface area contributed by atoms with E-state index in [9.17, 15) is 4.79 Å². The van der Waals surface area contributed by atoms with Gasteiger partial charge in [-0.3, -0.25) is 14.8 Å². The van der Waals surface area contributed by atoms with Crippen LogP contribution in [0.2, 0.25) is 0 Å². The summed E-state index contributed by atoms with van der Waals surface area (Å²) in [6.07, 6.45) is 9.17. The topological polar surface area (TPSA) is 74.2 Å². The first-order chi connectivity index (χ1) is 20.7. The quantitative estimate of drug-likeness (QED) is 0.194. The second-order valence-corrected chi connectivity index (χ2v) is 10.7. The van der Waals surface area contributed by atoms with Crippen LogP contribution in [-0.4, -0.2) is 47.0 Å². The van der Waals surface area contributed by atoms with Gasteiger partial charge in [0.1, 0.15) is 5.82 Å². The molecule has 0 bridgehead atoms. The fourth-order valence-electron chi connectivity index (χ4n) is 5.52. The van der Waals surface area contributed by atoms with E-state index >= 15 is 0 Å². The standard InChI is InChI=1S/C35H36N6O/c1-2-3-5-10-35(42)39-31-13-11-27(23-30(31)26-8-6-4-7-9-26)28-12-14-32-33(24-28)38-34(25-37-32)41-21-19-40(20-22-41)29-15-17-36-18-16-29/h4,6-9,11-18,23-25H,2-3,5,10,19-22H2,1H3,(H,39,42). The van der Waals surface area contributed by atoms with Crippen molar-refractivity contribution in [3.8, 4) is 22.3 Å². The van der Waals surface area contributed by atoms with Crippen LogP contribution < -0.4 is 15.1 Å². The lowest BCUT2D eigenvalue weighted by atomic mass is 9.97. The third-order valence-electron chi connectivity index (χ3n) is 7.88. The number of hydrogen-bond donors (Lipinski definition) is 1. The lowest BCUT2D eigenvalue weighted by Crippen LogP contribution is -2.46. The highest BCUT2D eigenvalue weighted by atomic mass is 16.1. The second-order valence-electron chi connectivity index (χ2n) is 10.7. The molecular formula is C35H36N6O. The molecule has 1 amide bonds. The maximum atomic E-state index is 12.7. The van der Waals surface area contributed by atoms with Gasteiger partial charge in [-0.25, -0.2) is 4.98 Å². The molecular weight excluding hydrogens is 520 g/mol. The third kappa shape index (κ3) is 6.25. The van der Waals surface area contributed by atoms with Crippen LogP contribution in [0.3, 0.4) is 0 Å². The van der Waals surface area contributed by atoms with E-state index in [2.05, 4.69) is 75.6 Å². The SMILES string of the molecule is CCCCCC(=O)Nc1ccc(-c2ccc3ncc(N4CCN(c5ccncc5)CC4)nc3c2)cc1-c1ccccc1. The average molecular weight is 557 g/mol. The first kappa shape index (κ1) is 27.4. The number of fused-ring (bicyclic) bond motifs is 1. The highest BCUT2D eigenvalue weighted by molar-refractivity contribution is 5.97. The molecule has 5 aromatic rings. The van der Waals surface area contributed by atoms with Crippen molar-refractivity contribution in [1.29, 1.82) is 0 Å². The number of aromatic nitrogens is 3. The highest BCUT2D eigenvalue weighted by Crippen LogP contribution is 2.34. The van der Waals surface area contributed by atoms with Crippen LogP contribution in [0.5, 0.6) is 0 Å². The minimum atomic E-state index is 0.0588. The number of piperazine rings is 1. The molecule has 7 nitrogen and oxygen atoms in total. The van der Waals surface area contributed by atoms with E-state index in [1.807, 2.05) is 48.9 Å². The molecule has 0 aliphatic carbocycles. The molecule has 1 fully saturated rings. The molecule has 212 valence electrons. The second kappa shape index (κ2) is 12.8. The van der Waals surface area contributed by atoms with Crippen molar-refractivity contribution >= 4 is 34.1 Å². The number of pyridine rings is 1. The van der Waals surface area contributed by atoms with Gasteiger partial charge in [-0.2, -0.15) is 0 Å². The fourth-order valence-corrected chi connectivity index (χ4v) is 5.52. The lowest BCUT2D eigenvalue weighted by Gasteiger charge is -2.36. The zero-order valence-corrected chi connectivity index (χ0v) is 24.0. The number of carbonyl (C=O) groups is 1. The maximum Gasteiger partial charge on any atom is 0.224 e. The van der Waals surface area contributed by atoms with E-state index in [1.165, 1.54) is 5.69 Å². The molecule has 3 aromatic carbocycles. The number of carbonyl (C=O) groups excluding carboxylic acids is 1.